The van der Waals surface area contributed by atoms with Gasteiger partial charge in [0.1, 0.15) is 11.0 Å². The van der Waals surface area contributed by atoms with Crippen molar-refractivity contribution in [2.75, 3.05) is 32.7 Å². The molecule has 0 unspecified atom stereocenters. The molecule has 17 heteroatoms. The fourth-order valence-corrected chi connectivity index (χ4v) is 6.14. The maximum atomic E-state index is 12.5. The number of carboxylic acid groups (broad SMARTS) is 4. The van der Waals surface area contributed by atoms with E-state index in [9.17, 15) is 29.2 Å². The molecule has 2 aromatic carbocycles. The topological polar surface area (TPSA) is 303 Å². The Bertz CT molecular complexity index is 1410. The molecule has 284 valence electrons. The van der Waals surface area contributed by atoms with Gasteiger partial charge in [0.05, 0.1) is 6.07 Å². The van der Waals surface area contributed by atoms with Gasteiger partial charge in [0.25, 0.3) is 0 Å². The zero-order valence-corrected chi connectivity index (χ0v) is 28.4. The molecule has 52 heavy (non-hydrogen) atoms. The van der Waals surface area contributed by atoms with E-state index in [-0.39, 0.29) is 5.91 Å². The molecule has 0 saturated carbocycles. The first-order valence-electron chi connectivity index (χ1n) is 16.5. The molecule has 1 amide bonds. The molecular formula is C35H46N4O13. The minimum Gasteiger partial charge on any atom is -0.479 e. The summed E-state index contributed by atoms with van der Waals surface area (Å²) in [4.78, 5) is 56.4. The van der Waals surface area contributed by atoms with Crippen molar-refractivity contribution in [2.45, 2.75) is 73.9 Å². The Morgan fingerprint density at radius 1 is 0.673 bits per heavy atom. The molecule has 2 fully saturated rings. The number of aliphatic hydroxyl groups is 4. The molecule has 2 saturated heterocycles. The van der Waals surface area contributed by atoms with Crippen LogP contribution in [0.25, 0.3) is 0 Å². The number of carboxylic acids is 4. The lowest BCUT2D eigenvalue weighted by Gasteiger charge is -2.48. The summed E-state index contributed by atoms with van der Waals surface area (Å²) in [6.07, 6.45) is -3.26. The predicted octanol–water partition coefficient (Wildman–Crippen LogP) is -0.553. The Morgan fingerprint density at radius 2 is 1.04 bits per heavy atom. The molecule has 0 radical (unpaired) electrons. The molecule has 0 aliphatic carbocycles. The lowest BCUT2D eigenvalue weighted by molar-refractivity contribution is -0.165. The summed E-state index contributed by atoms with van der Waals surface area (Å²) in [5.41, 5.74) is 6.83. The van der Waals surface area contributed by atoms with E-state index in [4.69, 9.17) is 46.6 Å². The second kappa shape index (κ2) is 20.2. The minimum atomic E-state index is -2.27. The molecule has 2 aliphatic heterocycles. The van der Waals surface area contributed by atoms with Gasteiger partial charge in [-0.05, 0) is 56.3 Å². The van der Waals surface area contributed by atoms with Crippen LogP contribution in [0.5, 0.6) is 0 Å². The van der Waals surface area contributed by atoms with Crippen molar-refractivity contribution >= 4 is 29.8 Å². The van der Waals surface area contributed by atoms with Gasteiger partial charge in [0.15, 0.2) is 24.4 Å². The van der Waals surface area contributed by atoms with Gasteiger partial charge in [-0.25, -0.2) is 19.2 Å². The number of benzene rings is 2. The van der Waals surface area contributed by atoms with Crippen molar-refractivity contribution < 1.29 is 64.8 Å². The van der Waals surface area contributed by atoms with Crippen LogP contribution in [0.4, 0.5) is 0 Å². The van der Waals surface area contributed by atoms with E-state index in [2.05, 4.69) is 40.1 Å². The van der Waals surface area contributed by atoms with Crippen LogP contribution >= 0.6 is 0 Å². The largest absolute Gasteiger partial charge is 0.479 e. The Labute approximate surface area is 299 Å². The van der Waals surface area contributed by atoms with E-state index in [0.717, 1.165) is 69.5 Å². The second-order valence-corrected chi connectivity index (χ2v) is 12.4. The highest BCUT2D eigenvalue weighted by molar-refractivity contribution is 5.85. The number of hydrogen-bond acceptors (Lipinski definition) is 12. The number of carbonyl (C=O) groups is 5. The maximum Gasteiger partial charge on any atom is 0.335 e. The van der Waals surface area contributed by atoms with Gasteiger partial charge in [-0.1, -0.05) is 67.1 Å². The monoisotopic (exact) mass is 730 g/mol. The highest BCUT2D eigenvalue weighted by atomic mass is 16.4. The number of nitrogens with two attached hydrogens (primary N) is 1. The fraction of sp³-hybridized carbons (Fsp3) is 0.486. The van der Waals surface area contributed by atoms with Gasteiger partial charge < -0.3 is 51.5 Å². The number of nitriles is 1. The number of likely N-dealkylation sites (tertiary alicyclic amines) is 2. The number of piperidine rings is 2. The number of primary amides is 1. The molecule has 2 aromatic rings. The van der Waals surface area contributed by atoms with E-state index in [1.54, 1.807) is 0 Å². The Morgan fingerprint density at radius 3 is 1.35 bits per heavy atom. The summed E-state index contributed by atoms with van der Waals surface area (Å²) in [5.74, 6) is -7.24. The van der Waals surface area contributed by atoms with Crippen molar-refractivity contribution in [3.63, 3.8) is 0 Å². The van der Waals surface area contributed by atoms with Gasteiger partial charge in [0.2, 0.25) is 5.91 Å². The van der Waals surface area contributed by atoms with Crippen molar-refractivity contribution in [3.05, 3.63) is 71.8 Å². The molecule has 4 rings (SSSR count). The van der Waals surface area contributed by atoms with E-state index in [1.807, 2.05) is 36.4 Å². The van der Waals surface area contributed by atoms with Crippen LogP contribution in [0.2, 0.25) is 0 Å². The average molecular weight is 731 g/mol. The van der Waals surface area contributed by atoms with Crippen molar-refractivity contribution in [3.8, 4) is 6.07 Å². The van der Waals surface area contributed by atoms with Crippen molar-refractivity contribution in [1.82, 2.24) is 9.80 Å². The SMILES string of the molecule is N#CC(CCN1CCC(C(N)=O)(N2CCCCC2)CC1)(c1ccccc1)c1ccccc1.O=C(O)[C@H](O)[C@@H](O)C(=O)O.O=C(O)[C@H](O)[C@@H](O)C(=O)O. The van der Waals surface area contributed by atoms with E-state index >= 15 is 0 Å². The van der Waals surface area contributed by atoms with E-state index in [1.165, 1.54) is 6.42 Å². The van der Waals surface area contributed by atoms with Gasteiger partial charge in [-0.3, -0.25) is 9.69 Å². The quantitative estimate of drug-likeness (QED) is 0.125. The third kappa shape index (κ3) is 11.3. The molecule has 10 N–H and O–H groups in total. The first kappa shape index (κ1) is 43.2. The Balaban J connectivity index is 0.000000385. The lowest BCUT2D eigenvalue weighted by atomic mass is 9.73. The normalized spacial score (nSPS) is 18.3. The van der Waals surface area contributed by atoms with Crippen LogP contribution in [0.1, 0.15) is 49.7 Å². The summed E-state index contributed by atoms with van der Waals surface area (Å²) in [5, 5.41) is 75.5. The molecule has 17 nitrogen and oxygen atoms in total. The summed E-state index contributed by atoms with van der Waals surface area (Å²) in [7, 11) is 0. The Kier molecular flexibility index (Phi) is 16.8. The van der Waals surface area contributed by atoms with Crippen LogP contribution in [0, 0.1) is 11.3 Å². The number of nitrogens with zero attached hydrogens (tertiary/aromatic N) is 3. The number of rotatable bonds is 13. The number of hydrogen-bond donors (Lipinski definition) is 9. The summed E-state index contributed by atoms with van der Waals surface area (Å²) in [6, 6.07) is 22.9. The predicted molar refractivity (Wildman–Crippen MR) is 181 cm³/mol. The molecule has 0 bridgehead atoms. The zero-order valence-electron chi connectivity index (χ0n) is 28.4. The third-order valence-electron chi connectivity index (χ3n) is 9.24. The molecule has 2 aliphatic rings. The Hall–Kier alpha value is -4.96. The van der Waals surface area contributed by atoms with Crippen molar-refractivity contribution in [1.29, 1.82) is 5.26 Å². The maximum absolute atomic E-state index is 12.5. The zero-order chi connectivity index (χ0) is 39.1. The number of amides is 1. The van der Waals surface area contributed by atoms with E-state index < -0.39 is 59.2 Å². The third-order valence-corrected chi connectivity index (χ3v) is 9.24. The highest BCUT2D eigenvalue weighted by Crippen LogP contribution is 2.37. The standard InChI is InChI=1S/C27H34N4O.2C4H6O6/c28-22-26(23-10-4-1-5-11-23,24-12-6-2-7-13-24)14-19-30-20-15-27(16-21-30,25(29)32)31-17-8-3-9-18-31;2*5-1(3(7)8)2(6)4(9)10/h1-2,4-7,10-13H,3,8-9,14-21H2,(H2,29,32);2*1-2,5-6H,(H,7,8)(H,9,10)/t;2*1-,2-/m.11/s1. The summed E-state index contributed by atoms with van der Waals surface area (Å²) < 4.78 is 0. The smallest absolute Gasteiger partial charge is 0.335 e. The molecule has 4 atom stereocenters. The summed E-state index contributed by atoms with van der Waals surface area (Å²) >= 11 is 0. The molecular weight excluding hydrogens is 684 g/mol. The van der Waals surface area contributed by atoms with Crippen LogP contribution in [0.3, 0.4) is 0 Å². The highest BCUT2D eigenvalue weighted by Gasteiger charge is 2.45. The number of carbonyl (C=O) groups excluding carboxylic acids is 1. The molecule has 2 heterocycles. The number of aliphatic carboxylic acids is 4. The fourth-order valence-electron chi connectivity index (χ4n) is 6.14. The van der Waals surface area contributed by atoms with Crippen LogP contribution in [-0.2, 0) is 29.4 Å². The van der Waals surface area contributed by atoms with Gasteiger partial charge in [-0.2, -0.15) is 5.26 Å². The van der Waals surface area contributed by atoms with Gasteiger partial charge in [0, 0.05) is 19.6 Å². The first-order valence-corrected chi connectivity index (χ1v) is 16.5. The second-order valence-electron chi connectivity index (χ2n) is 12.4. The van der Waals surface area contributed by atoms with Crippen LogP contribution in [0.15, 0.2) is 60.7 Å². The average Bonchev–Trinajstić information content (AvgIpc) is 3.15. The van der Waals surface area contributed by atoms with Crippen LogP contribution in [-0.4, -0.2) is 143 Å². The molecule has 0 aromatic heterocycles. The minimum absolute atomic E-state index is 0.168. The van der Waals surface area contributed by atoms with Crippen molar-refractivity contribution in [2.24, 2.45) is 5.73 Å². The van der Waals surface area contributed by atoms with Gasteiger partial charge >= 0.3 is 23.9 Å². The lowest BCUT2D eigenvalue weighted by Crippen LogP contribution is -2.63. The van der Waals surface area contributed by atoms with Gasteiger partial charge in [-0.15, -0.1) is 0 Å². The number of aliphatic hydroxyl groups excluding tert-OH is 4. The first-order chi connectivity index (χ1) is 24.5. The summed E-state index contributed by atoms with van der Waals surface area (Å²) in [6.45, 7) is 4.44. The molecule has 0 spiro atoms. The van der Waals surface area contributed by atoms with Crippen LogP contribution < -0.4 is 5.73 Å². The van der Waals surface area contributed by atoms with E-state index in [0.29, 0.717) is 6.42 Å².